The van der Waals surface area contributed by atoms with Crippen molar-refractivity contribution in [1.82, 2.24) is 4.90 Å². The first-order valence-electron chi connectivity index (χ1n) is 10.1. The Labute approximate surface area is 166 Å². The van der Waals surface area contributed by atoms with Gasteiger partial charge in [-0.05, 0) is 55.7 Å². The fourth-order valence-electron chi connectivity index (χ4n) is 3.91. The lowest BCUT2D eigenvalue weighted by atomic mass is 10.1. The second kappa shape index (κ2) is 8.65. The SMILES string of the molecule is Cc1ccccc1N1CCN(C(=O)c2ccc(OC[C@H]3CCCO3)cc2)CC1. The van der Waals surface area contributed by atoms with Crippen LogP contribution in [-0.2, 0) is 4.74 Å². The van der Waals surface area contributed by atoms with Gasteiger partial charge in [0.05, 0.1) is 6.10 Å². The molecule has 5 nitrogen and oxygen atoms in total. The first-order chi connectivity index (χ1) is 13.7. The molecule has 28 heavy (non-hydrogen) atoms. The monoisotopic (exact) mass is 380 g/mol. The van der Waals surface area contributed by atoms with Crippen LogP contribution in [0.1, 0.15) is 28.8 Å². The Kier molecular flexibility index (Phi) is 5.81. The summed E-state index contributed by atoms with van der Waals surface area (Å²) in [7, 11) is 0. The normalized spacial score (nSPS) is 19.7. The highest BCUT2D eigenvalue weighted by Crippen LogP contribution is 2.22. The van der Waals surface area contributed by atoms with E-state index in [4.69, 9.17) is 9.47 Å². The van der Waals surface area contributed by atoms with E-state index in [1.54, 1.807) is 0 Å². The number of hydrogen-bond donors (Lipinski definition) is 0. The van der Waals surface area contributed by atoms with Crippen LogP contribution in [0.3, 0.4) is 0 Å². The number of hydrogen-bond acceptors (Lipinski definition) is 4. The molecule has 0 bridgehead atoms. The van der Waals surface area contributed by atoms with Crippen molar-refractivity contribution in [3.05, 3.63) is 59.7 Å². The molecule has 2 heterocycles. The van der Waals surface area contributed by atoms with E-state index in [2.05, 4.69) is 36.1 Å². The van der Waals surface area contributed by atoms with Crippen molar-refractivity contribution in [2.45, 2.75) is 25.9 Å². The zero-order valence-electron chi connectivity index (χ0n) is 16.5. The maximum atomic E-state index is 12.8. The van der Waals surface area contributed by atoms with Gasteiger partial charge in [-0.2, -0.15) is 0 Å². The van der Waals surface area contributed by atoms with Crippen molar-refractivity contribution in [2.75, 3.05) is 44.3 Å². The van der Waals surface area contributed by atoms with E-state index in [1.807, 2.05) is 29.2 Å². The number of amides is 1. The third-order valence-corrected chi connectivity index (χ3v) is 5.58. The second-order valence-electron chi connectivity index (χ2n) is 7.54. The molecule has 0 spiro atoms. The Bertz CT molecular complexity index is 792. The van der Waals surface area contributed by atoms with E-state index in [0.29, 0.717) is 12.2 Å². The summed E-state index contributed by atoms with van der Waals surface area (Å²) in [5.41, 5.74) is 3.26. The fourth-order valence-corrected chi connectivity index (χ4v) is 3.91. The molecule has 2 fully saturated rings. The first-order valence-corrected chi connectivity index (χ1v) is 10.1. The maximum Gasteiger partial charge on any atom is 0.253 e. The molecule has 0 aliphatic carbocycles. The summed E-state index contributed by atoms with van der Waals surface area (Å²) >= 11 is 0. The zero-order chi connectivity index (χ0) is 19.3. The molecule has 148 valence electrons. The average Bonchev–Trinajstić information content (AvgIpc) is 3.26. The van der Waals surface area contributed by atoms with E-state index < -0.39 is 0 Å². The summed E-state index contributed by atoms with van der Waals surface area (Å²) in [4.78, 5) is 17.1. The third kappa shape index (κ3) is 4.30. The molecular weight excluding hydrogens is 352 g/mol. The molecule has 0 saturated carbocycles. The maximum absolute atomic E-state index is 12.8. The molecule has 4 rings (SSSR count). The van der Waals surface area contributed by atoms with Gasteiger partial charge in [0.25, 0.3) is 5.91 Å². The van der Waals surface area contributed by atoms with Crippen molar-refractivity contribution in [1.29, 1.82) is 0 Å². The standard InChI is InChI=1S/C23H28N2O3/c1-18-5-2-3-7-22(18)24-12-14-25(15-13-24)23(26)19-8-10-20(11-9-19)28-17-21-6-4-16-27-21/h2-3,5,7-11,21H,4,6,12-17H2,1H3/t21-/m1/s1. The molecule has 2 aliphatic heterocycles. The van der Waals surface area contributed by atoms with E-state index >= 15 is 0 Å². The molecule has 2 aromatic carbocycles. The van der Waals surface area contributed by atoms with Crippen LogP contribution in [-0.4, -0.2) is 56.3 Å². The lowest BCUT2D eigenvalue weighted by Crippen LogP contribution is -2.49. The number of aryl methyl sites for hydroxylation is 1. The molecule has 2 saturated heterocycles. The van der Waals surface area contributed by atoms with Gasteiger partial charge < -0.3 is 19.3 Å². The number of anilines is 1. The fraction of sp³-hybridized carbons (Fsp3) is 0.435. The van der Waals surface area contributed by atoms with Gasteiger partial charge in [0.15, 0.2) is 0 Å². The summed E-state index contributed by atoms with van der Waals surface area (Å²) in [6, 6.07) is 15.9. The summed E-state index contributed by atoms with van der Waals surface area (Å²) in [5, 5.41) is 0. The predicted octanol–water partition coefficient (Wildman–Crippen LogP) is 3.52. The van der Waals surface area contributed by atoms with Crippen LogP contribution in [0.2, 0.25) is 0 Å². The van der Waals surface area contributed by atoms with Crippen molar-refractivity contribution in [3.63, 3.8) is 0 Å². The summed E-state index contributed by atoms with van der Waals surface area (Å²) in [6.45, 7) is 6.75. The number of rotatable bonds is 5. The summed E-state index contributed by atoms with van der Waals surface area (Å²) in [6.07, 6.45) is 2.37. The average molecular weight is 380 g/mol. The predicted molar refractivity (Wildman–Crippen MR) is 110 cm³/mol. The lowest BCUT2D eigenvalue weighted by molar-refractivity contribution is 0.0678. The molecule has 0 unspecified atom stereocenters. The molecule has 5 heteroatoms. The molecular formula is C23H28N2O3. The molecule has 1 atom stereocenters. The van der Waals surface area contributed by atoms with E-state index in [0.717, 1.165) is 51.4 Å². The first kappa shape index (κ1) is 18.8. The third-order valence-electron chi connectivity index (χ3n) is 5.58. The minimum Gasteiger partial charge on any atom is -0.491 e. The Hall–Kier alpha value is -2.53. The van der Waals surface area contributed by atoms with Crippen LogP contribution in [0.5, 0.6) is 5.75 Å². The molecule has 0 aromatic heterocycles. The largest absolute Gasteiger partial charge is 0.491 e. The van der Waals surface area contributed by atoms with Crippen LogP contribution in [0, 0.1) is 6.92 Å². The number of para-hydroxylation sites is 1. The number of nitrogens with zero attached hydrogens (tertiary/aromatic N) is 2. The van der Waals surface area contributed by atoms with Gasteiger partial charge in [0.1, 0.15) is 12.4 Å². The smallest absolute Gasteiger partial charge is 0.253 e. The Morgan fingerprint density at radius 1 is 1.07 bits per heavy atom. The highest BCUT2D eigenvalue weighted by atomic mass is 16.5. The summed E-state index contributed by atoms with van der Waals surface area (Å²) in [5.74, 6) is 0.881. The quantitative estimate of drug-likeness (QED) is 0.796. The van der Waals surface area contributed by atoms with Crippen LogP contribution < -0.4 is 9.64 Å². The van der Waals surface area contributed by atoms with Gasteiger partial charge in [-0.3, -0.25) is 4.79 Å². The van der Waals surface area contributed by atoms with Gasteiger partial charge >= 0.3 is 0 Å². The zero-order valence-corrected chi connectivity index (χ0v) is 16.5. The van der Waals surface area contributed by atoms with Crippen LogP contribution >= 0.6 is 0 Å². The van der Waals surface area contributed by atoms with E-state index in [-0.39, 0.29) is 12.0 Å². The Balaban J connectivity index is 1.30. The number of carbonyl (C=O) groups is 1. The van der Waals surface area contributed by atoms with Crippen molar-refractivity contribution in [3.8, 4) is 5.75 Å². The molecule has 2 aliphatic rings. The van der Waals surface area contributed by atoms with Crippen LogP contribution in [0.25, 0.3) is 0 Å². The van der Waals surface area contributed by atoms with Crippen molar-refractivity contribution < 1.29 is 14.3 Å². The van der Waals surface area contributed by atoms with Crippen LogP contribution in [0.4, 0.5) is 5.69 Å². The molecule has 0 N–H and O–H groups in total. The van der Waals surface area contributed by atoms with E-state index in [9.17, 15) is 4.79 Å². The Morgan fingerprint density at radius 2 is 1.82 bits per heavy atom. The van der Waals surface area contributed by atoms with Gasteiger partial charge in [0.2, 0.25) is 0 Å². The topological polar surface area (TPSA) is 42.0 Å². The van der Waals surface area contributed by atoms with Gasteiger partial charge in [0, 0.05) is 44.0 Å². The molecule has 0 radical (unpaired) electrons. The minimum atomic E-state index is 0.0927. The van der Waals surface area contributed by atoms with Crippen molar-refractivity contribution in [2.24, 2.45) is 0 Å². The van der Waals surface area contributed by atoms with E-state index in [1.165, 1.54) is 11.3 Å². The summed E-state index contributed by atoms with van der Waals surface area (Å²) < 4.78 is 11.4. The number of piperazine rings is 1. The highest BCUT2D eigenvalue weighted by Gasteiger charge is 2.23. The number of carbonyl (C=O) groups excluding carboxylic acids is 1. The molecule has 2 aromatic rings. The van der Waals surface area contributed by atoms with Gasteiger partial charge in [-0.15, -0.1) is 0 Å². The number of benzene rings is 2. The minimum absolute atomic E-state index is 0.0927. The van der Waals surface area contributed by atoms with Gasteiger partial charge in [-0.25, -0.2) is 0 Å². The molecule has 1 amide bonds. The second-order valence-corrected chi connectivity index (χ2v) is 7.54. The lowest BCUT2D eigenvalue weighted by Gasteiger charge is -2.36. The van der Waals surface area contributed by atoms with Crippen molar-refractivity contribution >= 4 is 11.6 Å². The van der Waals surface area contributed by atoms with Gasteiger partial charge in [-0.1, -0.05) is 18.2 Å². The van der Waals surface area contributed by atoms with Crippen LogP contribution in [0.15, 0.2) is 48.5 Å². The number of ether oxygens (including phenoxy) is 2. The Morgan fingerprint density at radius 3 is 2.50 bits per heavy atom. The highest BCUT2D eigenvalue weighted by molar-refractivity contribution is 5.94.